The van der Waals surface area contributed by atoms with Crippen molar-refractivity contribution in [2.24, 2.45) is 5.92 Å². The van der Waals surface area contributed by atoms with Crippen LogP contribution in [-0.4, -0.2) is 52.6 Å². The van der Waals surface area contributed by atoms with Crippen LogP contribution in [0.25, 0.3) is 0 Å². The standard InChI is InChI=1S/C30H33N3O4/c34-26-14-12-25(13-15-26)30(28(36)31-29(37)32-30)20-27(35)33-18-16-24(17-19-33)23-10-8-22(9-11-23)7-6-21-4-2-1-3-5-21/h1-5,8-11,24-26,34H,12-20H2,(H2,31,32,36,37). The molecule has 5 rings (SSSR count). The lowest BCUT2D eigenvalue weighted by molar-refractivity contribution is -0.139. The fourth-order valence-corrected chi connectivity index (χ4v) is 5.95. The fraction of sp³-hybridized carbons (Fsp3) is 0.433. The first-order valence-corrected chi connectivity index (χ1v) is 13.2. The van der Waals surface area contributed by atoms with E-state index >= 15 is 0 Å². The molecule has 3 fully saturated rings. The Morgan fingerprint density at radius 2 is 1.51 bits per heavy atom. The second kappa shape index (κ2) is 10.8. The van der Waals surface area contributed by atoms with Crippen LogP contribution in [0, 0.1) is 17.8 Å². The Bertz CT molecular complexity index is 1200. The van der Waals surface area contributed by atoms with Gasteiger partial charge in [-0.25, -0.2) is 4.79 Å². The van der Waals surface area contributed by atoms with Crippen molar-refractivity contribution in [3.8, 4) is 11.8 Å². The first-order valence-electron chi connectivity index (χ1n) is 13.2. The van der Waals surface area contributed by atoms with Gasteiger partial charge in [-0.05, 0) is 80.2 Å². The number of nitrogens with one attached hydrogen (secondary N) is 2. The lowest BCUT2D eigenvalue weighted by Crippen LogP contribution is -2.57. The Hall–Kier alpha value is -3.63. The van der Waals surface area contributed by atoms with E-state index in [1.165, 1.54) is 5.56 Å². The van der Waals surface area contributed by atoms with Crippen LogP contribution in [0.2, 0.25) is 0 Å². The van der Waals surface area contributed by atoms with Crippen LogP contribution in [0.5, 0.6) is 0 Å². The number of nitrogens with zero attached hydrogens (tertiary/aromatic N) is 1. The zero-order valence-corrected chi connectivity index (χ0v) is 20.9. The molecule has 2 aromatic carbocycles. The van der Waals surface area contributed by atoms with Crippen molar-refractivity contribution in [2.75, 3.05) is 13.1 Å². The number of benzene rings is 2. The number of aliphatic hydroxyl groups is 1. The third-order valence-corrected chi connectivity index (χ3v) is 8.15. The Morgan fingerprint density at radius 3 is 2.11 bits per heavy atom. The Balaban J connectivity index is 1.19. The molecule has 0 radical (unpaired) electrons. The predicted molar refractivity (Wildman–Crippen MR) is 139 cm³/mol. The lowest BCUT2D eigenvalue weighted by Gasteiger charge is -2.40. The summed E-state index contributed by atoms with van der Waals surface area (Å²) in [5.41, 5.74) is 1.98. The van der Waals surface area contributed by atoms with Gasteiger partial charge in [0.25, 0.3) is 5.91 Å². The minimum absolute atomic E-state index is 0.0369. The Labute approximate surface area is 217 Å². The number of hydrogen-bond donors (Lipinski definition) is 3. The number of hydrogen-bond acceptors (Lipinski definition) is 4. The zero-order chi connectivity index (χ0) is 25.8. The highest BCUT2D eigenvalue weighted by atomic mass is 16.3. The van der Waals surface area contributed by atoms with Gasteiger partial charge in [-0.2, -0.15) is 0 Å². The van der Waals surface area contributed by atoms with Crippen LogP contribution in [0.4, 0.5) is 4.79 Å². The number of amides is 4. The molecule has 2 saturated heterocycles. The monoisotopic (exact) mass is 499 g/mol. The largest absolute Gasteiger partial charge is 0.393 e. The number of likely N-dealkylation sites (tertiary alicyclic amines) is 1. The lowest BCUT2D eigenvalue weighted by atomic mass is 9.72. The molecule has 0 aromatic heterocycles. The van der Waals surface area contributed by atoms with Crippen molar-refractivity contribution in [1.29, 1.82) is 0 Å². The van der Waals surface area contributed by atoms with Gasteiger partial charge in [-0.3, -0.25) is 14.9 Å². The highest BCUT2D eigenvalue weighted by molar-refractivity contribution is 6.09. The highest BCUT2D eigenvalue weighted by Gasteiger charge is 2.54. The average Bonchev–Trinajstić information content (AvgIpc) is 3.21. The van der Waals surface area contributed by atoms with Gasteiger partial charge in [-0.1, -0.05) is 42.2 Å². The van der Waals surface area contributed by atoms with E-state index in [9.17, 15) is 19.5 Å². The minimum atomic E-state index is -1.22. The van der Waals surface area contributed by atoms with Gasteiger partial charge in [0.05, 0.1) is 12.5 Å². The van der Waals surface area contributed by atoms with E-state index < -0.39 is 17.5 Å². The summed E-state index contributed by atoms with van der Waals surface area (Å²) in [6.07, 6.45) is 3.64. The summed E-state index contributed by atoms with van der Waals surface area (Å²) in [7, 11) is 0. The summed E-state index contributed by atoms with van der Waals surface area (Å²) in [6.45, 7) is 1.24. The van der Waals surface area contributed by atoms with Gasteiger partial charge in [0, 0.05) is 24.2 Å². The molecule has 192 valence electrons. The molecule has 1 saturated carbocycles. The number of piperidine rings is 1. The molecule has 1 atom stereocenters. The molecule has 7 heteroatoms. The summed E-state index contributed by atoms with van der Waals surface area (Å²) in [4.78, 5) is 40.1. The number of rotatable bonds is 4. The summed E-state index contributed by atoms with van der Waals surface area (Å²) in [6, 6.07) is 17.7. The van der Waals surface area contributed by atoms with Gasteiger partial charge >= 0.3 is 6.03 Å². The van der Waals surface area contributed by atoms with E-state index in [0.717, 1.165) is 24.0 Å². The minimum Gasteiger partial charge on any atom is -0.393 e. The first kappa shape index (κ1) is 25.0. The maximum absolute atomic E-state index is 13.3. The SMILES string of the molecule is O=C1NC(=O)C(CC(=O)N2CCC(c3ccc(C#Cc4ccccc4)cc3)CC2)(C2CCC(O)CC2)N1. The molecule has 1 unspecified atom stereocenters. The number of imide groups is 1. The van der Waals surface area contributed by atoms with Crippen LogP contribution >= 0.6 is 0 Å². The Kier molecular flexibility index (Phi) is 7.29. The fourth-order valence-electron chi connectivity index (χ4n) is 5.95. The molecule has 2 aliphatic heterocycles. The van der Waals surface area contributed by atoms with Crippen molar-refractivity contribution >= 4 is 17.8 Å². The number of aliphatic hydroxyl groups excluding tert-OH is 1. The van der Waals surface area contributed by atoms with E-state index in [4.69, 9.17) is 0 Å². The molecule has 2 heterocycles. The van der Waals surface area contributed by atoms with Gasteiger partial charge in [-0.15, -0.1) is 0 Å². The zero-order valence-electron chi connectivity index (χ0n) is 20.9. The first-order chi connectivity index (χ1) is 17.9. The molecule has 2 aromatic rings. The van der Waals surface area contributed by atoms with Crippen LogP contribution < -0.4 is 10.6 Å². The summed E-state index contributed by atoms with van der Waals surface area (Å²) in [5, 5.41) is 15.0. The van der Waals surface area contributed by atoms with Crippen LogP contribution in [0.1, 0.15) is 67.6 Å². The van der Waals surface area contributed by atoms with E-state index in [2.05, 4.69) is 46.7 Å². The number of urea groups is 1. The molecule has 0 bridgehead atoms. The Morgan fingerprint density at radius 1 is 0.892 bits per heavy atom. The van der Waals surface area contributed by atoms with Crippen LogP contribution in [-0.2, 0) is 9.59 Å². The van der Waals surface area contributed by atoms with Crippen molar-refractivity contribution in [1.82, 2.24) is 15.5 Å². The van der Waals surface area contributed by atoms with Gasteiger partial charge in [0.1, 0.15) is 5.54 Å². The van der Waals surface area contributed by atoms with Crippen molar-refractivity contribution < 1.29 is 19.5 Å². The normalized spacial score (nSPS) is 26.1. The van der Waals surface area contributed by atoms with Gasteiger partial charge in [0.2, 0.25) is 5.91 Å². The maximum atomic E-state index is 13.3. The molecule has 7 nitrogen and oxygen atoms in total. The third-order valence-electron chi connectivity index (χ3n) is 8.15. The van der Waals surface area contributed by atoms with E-state index in [1.54, 1.807) is 0 Å². The molecule has 0 spiro atoms. The predicted octanol–water partition coefficient (Wildman–Crippen LogP) is 3.31. The summed E-state index contributed by atoms with van der Waals surface area (Å²) in [5.74, 6) is 6.07. The van der Waals surface area contributed by atoms with Crippen LogP contribution in [0.15, 0.2) is 54.6 Å². The number of carbonyl (C=O) groups is 3. The van der Waals surface area contributed by atoms with Crippen molar-refractivity contribution in [2.45, 2.75) is 62.5 Å². The molecule has 37 heavy (non-hydrogen) atoms. The molecule has 1 aliphatic carbocycles. The maximum Gasteiger partial charge on any atom is 0.322 e. The molecular weight excluding hydrogens is 466 g/mol. The van der Waals surface area contributed by atoms with Crippen LogP contribution in [0.3, 0.4) is 0 Å². The molecule has 4 amide bonds. The molecule has 3 aliphatic rings. The van der Waals surface area contributed by atoms with Crippen molar-refractivity contribution in [3.05, 3.63) is 71.3 Å². The molecule has 3 N–H and O–H groups in total. The topological polar surface area (TPSA) is 98.7 Å². The molecular formula is C30H33N3O4. The quantitative estimate of drug-likeness (QED) is 0.444. The second-order valence-corrected chi connectivity index (χ2v) is 10.5. The van der Waals surface area contributed by atoms with E-state index in [-0.39, 0.29) is 24.3 Å². The van der Waals surface area contributed by atoms with E-state index in [0.29, 0.717) is 44.7 Å². The van der Waals surface area contributed by atoms with Gasteiger partial charge < -0.3 is 15.3 Å². The summed E-state index contributed by atoms with van der Waals surface area (Å²) < 4.78 is 0. The third kappa shape index (κ3) is 5.55. The number of carbonyl (C=O) groups excluding carboxylic acids is 3. The van der Waals surface area contributed by atoms with E-state index in [1.807, 2.05) is 35.2 Å². The highest BCUT2D eigenvalue weighted by Crippen LogP contribution is 2.38. The van der Waals surface area contributed by atoms with Gasteiger partial charge in [0.15, 0.2) is 0 Å². The second-order valence-electron chi connectivity index (χ2n) is 10.5. The average molecular weight is 500 g/mol. The summed E-state index contributed by atoms with van der Waals surface area (Å²) >= 11 is 0. The van der Waals surface area contributed by atoms with Crippen molar-refractivity contribution in [3.63, 3.8) is 0 Å². The smallest absolute Gasteiger partial charge is 0.322 e.